The number of hydrogen-bond acceptors (Lipinski definition) is 4. The third-order valence-corrected chi connectivity index (χ3v) is 4.37. The van der Waals surface area contributed by atoms with Crippen molar-refractivity contribution in [1.29, 1.82) is 0 Å². The van der Waals surface area contributed by atoms with E-state index >= 15 is 0 Å². The minimum Gasteiger partial charge on any atom is -0.480 e. The van der Waals surface area contributed by atoms with Gasteiger partial charge in [0, 0.05) is 31.1 Å². The first kappa shape index (κ1) is 17.1. The molecule has 6 nitrogen and oxygen atoms in total. The molecule has 1 aliphatic heterocycles. The van der Waals surface area contributed by atoms with Gasteiger partial charge in [0.2, 0.25) is 0 Å². The normalized spacial score (nSPS) is 19.2. The average Bonchev–Trinajstić information content (AvgIpc) is 2.42. The van der Waals surface area contributed by atoms with Gasteiger partial charge in [0.25, 0.3) is 0 Å². The molecule has 0 aromatic carbocycles. The van der Waals surface area contributed by atoms with Crippen molar-refractivity contribution in [3.05, 3.63) is 0 Å². The van der Waals surface area contributed by atoms with Crippen LogP contribution in [0.5, 0.6) is 0 Å². The van der Waals surface area contributed by atoms with Crippen LogP contribution in [0.2, 0.25) is 0 Å². The maximum atomic E-state index is 12.5. The summed E-state index contributed by atoms with van der Waals surface area (Å²) in [5, 5.41) is 9.23. The lowest BCUT2D eigenvalue weighted by Gasteiger charge is -2.36. The monoisotopic (exact) mass is 303 g/mol. The Morgan fingerprint density at radius 3 is 2.60 bits per heavy atom. The predicted molar refractivity (Wildman–Crippen MR) is 81.3 cm³/mol. The van der Waals surface area contributed by atoms with Crippen molar-refractivity contribution in [2.45, 2.75) is 19.4 Å². The van der Waals surface area contributed by atoms with Gasteiger partial charge in [-0.3, -0.25) is 0 Å². The largest absolute Gasteiger partial charge is 0.480 e. The Bertz CT molecular complexity index is 339. The molecule has 1 fully saturated rings. The first-order valence-corrected chi connectivity index (χ1v) is 8.13. The van der Waals surface area contributed by atoms with Crippen LogP contribution in [0.1, 0.15) is 13.3 Å². The van der Waals surface area contributed by atoms with Crippen LogP contribution < -0.4 is 0 Å². The van der Waals surface area contributed by atoms with Crippen LogP contribution in [0.15, 0.2) is 0 Å². The Hall–Kier alpha value is -0.950. The van der Waals surface area contributed by atoms with Gasteiger partial charge < -0.3 is 19.8 Å². The summed E-state index contributed by atoms with van der Waals surface area (Å²) in [5.74, 6) is 0.385. The SMILES string of the molecule is CCN(CCCN(C)C)C(=O)N1CCSCC1C(=O)O. The van der Waals surface area contributed by atoms with E-state index in [1.807, 2.05) is 21.0 Å². The zero-order valence-corrected chi connectivity index (χ0v) is 13.4. The van der Waals surface area contributed by atoms with E-state index < -0.39 is 12.0 Å². The molecule has 1 N–H and O–H groups in total. The maximum Gasteiger partial charge on any atom is 0.327 e. The highest BCUT2D eigenvalue weighted by Gasteiger charge is 2.34. The predicted octanol–water partition coefficient (Wildman–Crippen LogP) is 0.882. The quantitative estimate of drug-likeness (QED) is 0.789. The first-order valence-electron chi connectivity index (χ1n) is 6.98. The molecule has 0 saturated carbocycles. The summed E-state index contributed by atoms with van der Waals surface area (Å²) in [6.45, 7) is 4.65. The molecular weight excluding hydrogens is 278 g/mol. The number of hydrogen-bond donors (Lipinski definition) is 1. The number of carboxylic acids is 1. The highest BCUT2D eigenvalue weighted by Crippen LogP contribution is 2.18. The van der Waals surface area contributed by atoms with Gasteiger partial charge in [-0.1, -0.05) is 0 Å². The summed E-state index contributed by atoms with van der Waals surface area (Å²) in [6.07, 6.45) is 0.896. The second-order valence-electron chi connectivity index (χ2n) is 5.14. The van der Waals surface area contributed by atoms with E-state index in [1.165, 1.54) is 4.90 Å². The average molecular weight is 303 g/mol. The molecule has 1 heterocycles. The van der Waals surface area contributed by atoms with Gasteiger partial charge in [0.1, 0.15) is 6.04 Å². The molecule has 0 spiro atoms. The van der Waals surface area contributed by atoms with E-state index in [4.69, 9.17) is 0 Å². The number of amides is 2. The lowest BCUT2D eigenvalue weighted by atomic mass is 10.2. The standard InChI is InChI=1S/C13H25N3O3S/c1-4-15(7-5-6-14(2)3)13(19)16-8-9-20-10-11(16)12(17)18/h11H,4-10H2,1-3H3,(H,17,18). The summed E-state index contributed by atoms with van der Waals surface area (Å²) in [7, 11) is 4.00. The Kier molecular flexibility index (Phi) is 7.15. The fourth-order valence-electron chi connectivity index (χ4n) is 2.19. The van der Waals surface area contributed by atoms with E-state index in [2.05, 4.69) is 4.90 Å². The molecule has 1 rings (SSSR count). The Morgan fingerprint density at radius 1 is 1.35 bits per heavy atom. The smallest absolute Gasteiger partial charge is 0.327 e. The molecule has 116 valence electrons. The van der Waals surface area contributed by atoms with Crippen molar-refractivity contribution < 1.29 is 14.7 Å². The van der Waals surface area contributed by atoms with Crippen LogP contribution >= 0.6 is 11.8 Å². The van der Waals surface area contributed by atoms with Crippen molar-refractivity contribution >= 4 is 23.8 Å². The number of carbonyl (C=O) groups is 2. The summed E-state index contributed by atoms with van der Waals surface area (Å²) < 4.78 is 0. The number of aliphatic carboxylic acids is 1. The zero-order valence-electron chi connectivity index (χ0n) is 12.5. The van der Waals surface area contributed by atoms with Crippen LogP contribution in [-0.2, 0) is 4.79 Å². The minimum absolute atomic E-state index is 0.140. The molecule has 0 aromatic heterocycles. The van der Waals surface area contributed by atoms with Crippen LogP contribution in [0, 0.1) is 0 Å². The molecule has 0 aromatic rings. The minimum atomic E-state index is -0.908. The Balaban J connectivity index is 2.61. The number of rotatable bonds is 6. The van der Waals surface area contributed by atoms with Crippen molar-refractivity contribution in [3.8, 4) is 0 Å². The number of nitrogens with zero attached hydrogens (tertiary/aromatic N) is 3. The van der Waals surface area contributed by atoms with Gasteiger partial charge in [0.15, 0.2) is 0 Å². The fourth-order valence-corrected chi connectivity index (χ4v) is 3.22. The molecule has 20 heavy (non-hydrogen) atoms. The molecule has 0 bridgehead atoms. The van der Waals surface area contributed by atoms with Crippen LogP contribution in [-0.4, -0.2) is 89.6 Å². The van der Waals surface area contributed by atoms with E-state index in [0.717, 1.165) is 18.7 Å². The summed E-state index contributed by atoms with van der Waals surface area (Å²) in [5.41, 5.74) is 0. The van der Waals surface area contributed by atoms with Gasteiger partial charge in [-0.05, 0) is 34.0 Å². The number of urea groups is 1. The molecule has 2 amide bonds. The lowest BCUT2D eigenvalue weighted by molar-refractivity contribution is -0.141. The molecular formula is C13H25N3O3S. The first-order chi connectivity index (χ1) is 9.47. The van der Waals surface area contributed by atoms with Crippen LogP contribution in [0.4, 0.5) is 4.79 Å². The van der Waals surface area contributed by atoms with Gasteiger partial charge in [0.05, 0.1) is 0 Å². The second-order valence-corrected chi connectivity index (χ2v) is 6.29. The number of thioether (sulfide) groups is 1. The molecule has 1 unspecified atom stereocenters. The molecule has 1 atom stereocenters. The molecule has 1 aliphatic rings. The van der Waals surface area contributed by atoms with Crippen molar-refractivity contribution in [1.82, 2.24) is 14.7 Å². The van der Waals surface area contributed by atoms with Gasteiger partial charge >= 0.3 is 12.0 Å². The molecule has 7 heteroatoms. The summed E-state index contributed by atoms with van der Waals surface area (Å²) in [6, 6.07) is -0.830. The van der Waals surface area contributed by atoms with Crippen LogP contribution in [0.3, 0.4) is 0 Å². The lowest BCUT2D eigenvalue weighted by Crippen LogP contribution is -2.55. The molecule has 0 aliphatic carbocycles. The Morgan fingerprint density at radius 2 is 2.05 bits per heavy atom. The maximum absolute atomic E-state index is 12.5. The van der Waals surface area contributed by atoms with Crippen molar-refractivity contribution in [3.63, 3.8) is 0 Å². The number of carboxylic acid groups (broad SMARTS) is 1. The summed E-state index contributed by atoms with van der Waals surface area (Å²) >= 11 is 1.59. The highest BCUT2D eigenvalue weighted by atomic mass is 32.2. The summed E-state index contributed by atoms with van der Waals surface area (Å²) in [4.78, 5) is 29.1. The molecule has 1 saturated heterocycles. The van der Waals surface area contributed by atoms with Crippen LogP contribution in [0.25, 0.3) is 0 Å². The third kappa shape index (κ3) is 4.86. The van der Waals surface area contributed by atoms with Gasteiger partial charge in [-0.2, -0.15) is 11.8 Å². The number of carbonyl (C=O) groups excluding carboxylic acids is 1. The van der Waals surface area contributed by atoms with Crippen molar-refractivity contribution in [2.24, 2.45) is 0 Å². The van der Waals surface area contributed by atoms with Crippen molar-refractivity contribution in [2.75, 3.05) is 51.8 Å². The molecule has 0 radical (unpaired) electrons. The zero-order chi connectivity index (χ0) is 15.1. The van der Waals surface area contributed by atoms with E-state index in [9.17, 15) is 14.7 Å². The van der Waals surface area contributed by atoms with E-state index in [-0.39, 0.29) is 6.03 Å². The highest BCUT2D eigenvalue weighted by molar-refractivity contribution is 7.99. The van der Waals surface area contributed by atoms with E-state index in [0.29, 0.717) is 25.4 Å². The second kappa shape index (κ2) is 8.36. The topological polar surface area (TPSA) is 64.1 Å². The van der Waals surface area contributed by atoms with E-state index in [1.54, 1.807) is 16.7 Å². The third-order valence-electron chi connectivity index (χ3n) is 3.34. The van der Waals surface area contributed by atoms with Gasteiger partial charge in [-0.15, -0.1) is 0 Å². The Labute approximate surface area is 125 Å². The van der Waals surface area contributed by atoms with Gasteiger partial charge in [-0.25, -0.2) is 9.59 Å². The fraction of sp³-hybridized carbons (Fsp3) is 0.846.